The minimum absolute atomic E-state index is 0.00787. The van der Waals surface area contributed by atoms with Crippen LogP contribution in [0.5, 0.6) is 5.88 Å². The Morgan fingerprint density at radius 2 is 2.19 bits per heavy atom. The second-order valence-electron chi connectivity index (χ2n) is 5.86. The Morgan fingerprint density at radius 3 is 2.92 bits per heavy atom. The molecule has 0 atom stereocenters. The third kappa shape index (κ3) is 3.32. The Kier molecular flexibility index (Phi) is 4.79. The molecule has 0 spiro atoms. The second kappa shape index (κ2) is 7.18. The molecule has 0 saturated heterocycles. The number of amidine groups is 1. The minimum atomic E-state index is 0.00787. The van der Waals surface area contributed by atoms with E-state index in [1.807, 2.05) is 19.1 Å². The van der Waals surface area contributed by atoms with Gasteiger partial charge in [0.05, 0.1) is 28.7 Å². The Labute approximate surface area is 151 Å². The maximum Gasteiger partial charge on any atom is 0.198 e. The molecule has 0 bridgehead atoms. The van der Waals surface area contributed by atoms with E-state index in [0.717, 1.165) is 22.2 Å². The number of fused-ring (bicyclic) bond motifs is 1. The number of aliphatic imine (C=N–C) groups is 1. The Hall–Kier alpha value is -3.48. The summed E-state index contributed by atoms with van der Waals surface area (Å²) in [4.78, 5) is 15.8. The summed E-state index contributed by atoms with van der Waals surface area (Å²) in [5.74, 6) is 0.0940. The molecule has 0 radical (unpaired) electrons. The van der Waals surface area contributed by atoms with Crippen LogP contribution in [0.25, 0.3) is 22.2 Å². The standard InChI is InChI=1S/C19H20N6O/c1-11-4-7-22-9-14(11)15-8-13-16(10-23-15)25-19(26)18(13)12(2)24-17(20)5-6-21-3/h4-10,20-21,25-26H,1-3H3/b6-5-,20-17?,24-12?. The number of H-pyrrole nitrogens is 1. The van der Waals surface area contributed by atoms with Crippen molar-refractivity contribution in [3.05, 3.63) is 54.1 Å². The number of aryl methyl sites for hydroxylation is 1. The second-order valence-corrected chi connectivity index (χ2v) is 5.86. The van der Waals surface area contributed by atoms with E-state index in [1.165, 1.54) is 0 Å². The number of hydrogen-bond donors (Lipinski definition) is 4. The van der Waals surface area contributed by atoms with Crippen molar-refractivity contribution in [3.8, 4) is 17.1 Å². The monoisotopic (exact) mass is 348 g/mol. The third-order valence-corrected chi connectivity index (χ3v) is 4.04. The molecule has 0 amide bonds. The fourth-order valence-corrected chi connectivity index (χ4v) is 2.76. The van der Waals surface area contributed by atoms with Gasteiger partial charge in [-0.05, 0) is 43.8 Å². The molecule has 0 aliphatic rings. The van der Waals surface area contributed by atoms with Gasteiger partial charge in [-0.3, -0.25) is 15.4 Å². The lowest BCUT2D eigenvalue weighted by Gasteiger charge is -2.05. The maximum absolute atomic E-state index is 10.3. The fraction of sp³-hybridized carbons (Fsp3) is 0.158. The SMILES string of the molecule is CN/C=C\C(=N)N=C(C)c1c(O)[nH]c2cnc(-c3cnccc3C)cc12. The van der Waals surface area contributed by atoms with E-state index in [-0.39, 0.29) is 11.7 Å². The van der Waals surface area contributed by atoms with Crippen LogP contribution in [-0.2, 0) is 0 Å². The number of aromatic hydroxyl groups is 1. The summed E-state index contributed by atoms with van der Waals surface area (Å²) in [6.07, 6.45) is 8.36. The normalized spacial score (nSPS) is 12.0. The molecule has 0 saturated carbocycles. The summed E-state index contributed by atoms with van der Waals surface area (Å²) < 4.78 is 0. The molecule has 0 unspecified atom stereocenters. The molecule has 3 rings (SSSR count). The lowest BCUT2D eigenvalue weighted by molar-refractivity contribution is 0.457. The summed E-state index contributed by atoms with van der Waals surface area (Å²) in [6, 6.07) is 3.83. The van der Waals surface area contributed by atoms with Gasteiger partial charge in [-0.1, -0.05) is 0 Å². The van der Waals surface area contributed by atoms with E-state index in [0.29, 0.717) is 16.8 Å². The molecular formula is C19H20N6O. The van der Waals surface area contributed by atoms with E-state index in [2.05, 4.69) is 25.3 Å². The van der Waals surface area contributed by atoms with Crippen LogP contribution in [0.2, 0.25) is 0 Å². The highest BCUT2D eigenvalue weighted by molar-refractivity contribution is 6.16. The highest BCUT2D eigenvalue weighted by atomic mass is 16.3. The molecule has 0 aromatic carbocycles. The average Bonchev–Trinajstić information content (AvgIpc) is 2.95. The number of nitrogens with zero attached hydrogens (tertiary/aromatic N) is 3. The number of nitrogens with one attached hydrogen (secondary N) is 3. The van der Waals surface area contributed by atoms with Gasteiger partial charge in [0, 0.05) is 30.4 Å². The van der Waals surface area contributed by atoms with Crippen LogP contribution in [0.3, 0.4) is 0 Å². The zero-order valence-corrected chi connectivity index (χ0v) is 14.8. The van der Waals surface area contributed by atoms with Gasteiger partial charge in [0.25, 0.3) is 0 Å². The van der Waals surface area contributed by atoms with Gasteiger partial charge >= 0.3 is 0 Å². The lowest BCUT2D eigenvalue weighted by atomic mass is 10.0. The number of aromatic nitrogens is 3. The largest absolute Gasteiger partial charge is 0.494 e. The summed E-state index contributed by atoms with van der Waals surface area (Å²) in [5.41, 5.74) is 4.57. The van der Waals surface area contributed by atoms with Crippen molar-refractivity contribution in [1.29, 1.82) is 5.41 Å². The van der Waals surface area contributed by atoms with Crippen LogP contribution >= 0.6 is 0 Å². The average molecular weight is 348 g/mol. The molecule has 3 aromatic heterocycles. The molecule has 132 valence electrons. The highest BCUT2D eigenvalue weighted by Gasteiger charge is 2.16. The van der Waals surface area contributed by atoms with Gasteiger partial charge in [0.15, 0.2) is 5.88 Å². The van der Waals surface area contributed by atoms with Crippen LogP contribution in [0.1, 0.15) is 18.1 Å². The van der Waals surface area contributed by atoms with Gasteiger partial charge in [-0.2, -0.15) is 0 Å². The zero-order chi connectivity index (χ0) is 18.7. The maximum atomic E-state index is 10.3. The van der Waals surface area contributed by atoms with Crippen molar-refractivity contribution in [1.82, 2.24) is 20.3 Å². The van der Waals surface area contributed by atoms with Crippen molar-refractivity contribution < 1.29 is 5.11 Å². The van der Waals surface area contributed by atoms with Crippen LogP contribution in [0.15, 0.2) is 48.0 Å². The number of aromatic amines is 1. The van der Waals surface area contributed by atoms with Gasteiger partial charge < -0.3 is 15.4 Å². The first-order chi connectivity index (χ1) is 12.5. The molecule has 3 heterocycles. The van der Waals surface area contributed by atoms with Crippen LogP contribution in [0, 0.1) is 12.3 Å². The predicted molar refractivity (Wildman–Crippen MR) is 104 cm³/mol. The van der Waals surface area contributed by atoms with E-state index in [4.69, 9.17) is 5.41 Å². The smallest absolute Gasteiger partial charge is 0.198 e. The van der Waals surface area contributed by atoms with Gasteiger partial charge in [0.2, 0.25) is 0 Å². The fourth-order valence-electron chi connectivity index (χ4n) is 2.76. The van der Waals surface area contributed by atoms with Crippen LogP contribution in [0.4, 0.5) is 0 Å². The molecular weight excluding hydrogens is 328 g/mol. The van der Waals surface area contributed by atoms with Crippen molar-refractivity contribution in [2.45, 2.75) is 13.8 Å². The first-order valence-electron chi connectivity index (χ1n) is 8.11. The van der Waals surface area contributed by atoms with E-state index < -0.39 is 0 Å². The van der Waals surface area contributed by atoms with Crippen LogP contribution < -0.4 is 5.32 Å². The molecule has 0 aliphatic heterocycles. The Bertz CT molecular complexity index is 1030. The molecule has 7 nitrogen and oxygen atoms in total. The molecule has 26 heavy (non-hydrogen) atoms. The topological polar surface area (TPSA) is 110 Å². The first kappa shape index (κ1) is 17.3. The van der Waals surface area contributed by atoms with E-state index in [1.54, 1.807) is 44.8 Å². The van der Waals surface area contributed by atoms with Crippen LogP contribution in [-0.4, -0.2) is 38.7 Å². The molecule has 3 aromatic rings. The number of pyridine rings is 2. The third-order valence-electron chi connectivity index (χ3n) is 4.04. The van der Waals surface area contributed by atoms with Gasteiger partial charge in [0.1, 0.15) is 5.84 Å². The molecule has 0 fully saturated rings. The van der Waals surface area contributed by atoms with Gasteiger partial charge in [-0.15, -0.1) is 0 Å². The minimum Gasteiger partial charge on any atom is -0.494 e. The van der Waals surface area contributed by atoms with Crippen molar-refractivity contribution >= 4 is 22.5 Å². The summed E-state index contributed by atoms with van der Waals surface area (Å²) >= 11 is 0. The van der Waals surface area contributed by atoms with E-state index in [9.17, 15) is 5.11 Å². The summed E-state index contributed by atoms with van der Waals surface area (Å²) in [6.45, 7) is 3.76. The van der Waals surface area contributed by atoms with Crippen molar-refractivity contribution in [2.24, 2.45) is 4.99 Å². The molecule has 7 heteroatoms. The molecule has 0 aliphatic carbocycles. The number of rotatable bonds is 4. The lowest BCUT2D eigenvalue weighted by Crippen LogP contribution is -2.00. The highest BCUT2D eigenvalue weighted by Crippen LogP contribution is 2.31. The zero-order valence-electron chi connectivity index (χ0n) is 14.8. The Morgan fingerprint density at radius 1 is 1.38 bits per heavy atom. The number of hydrogen-bond acceptors (Lipinski definition) is 5. The Balaban J connectivity index is 2.11. The van der Waals surface area contributed by atoms with Gasteiger partial charge in [-0.25, -0.2) is 4.99 Å². The predicted octanol–water partition coefficient (Wildman–Crippen LogP) is 3.16. The first-order valence-corrected chi connectivity index (χ1v) is 8.11. The van der Waals surface area contributed by atoms with E-state index >= 15 is 0 Å². The van der Waals surface area contributed by atoms with Crippen molar-refractivity contribution in [3.63, 3.8) is 0 Å². The summed E-state index contributed by atoms with van der Waals surface area (Å²) in [5, 5.41) is 21.8. The van der Waals surface area contributed by atoms with Crippen molar-refractivity contribution in [2.75, 3.05) is 7.05 Å². The quantitative estimate of drug-likeness (QED) is 0.429. The molecule has 4 N–H and O–H groups in total. The summed E-state index contributed by atoms with van der Waals surface area (Å²) in [7, 11) is 1.75.